The van der Waals surface area contributed by atoms with E-state index in [-0.39, 0.29) is 23.4 Å². The van der Waals surface area contributed by atoms with Gasteiger partial charge in [0.1, 0.15) is 17.5 Å². The van der Waals surface area contributed by atoms with Crippen molar-refractivity contribution in [3.63, 3.8) is 0 Å². The lowest BCUT2D eigenvalue weighted by Crippen LogP contribution is -2.32. The van der Waals surface area contributed by atoms with Gasteiger partial charge in [-0.3, -0.25) is 0 Å². The fourth-order valence-electron chi connectivity index (χ4n) is 2.18. The molecule has 7 nitrogen and oxygen atoms in total. The summed E-state index contributed by atoms with van der Waals surface area (Å²) in [6, 6.07) is 0.897. The van der Waals surface area contributed by atoms with Crippen LogP contribution >= 0.6 is 0 Å². The highest BCUT2D eigenvalue weighted by Gasteiger charge is 2.34. The Bertz CT molecular complexity index is 518. The number of hydrogen-bond donors (Lipinski definition) is 4. The molecule has 1 unspecified atom stereocenters. The lowest BCUT2D eigenvalue weighted by Gasteiger charge is -2.13. The van der Waals surface area contributed by atoms with E-state index in [9.17, 15) is 19.9 Å². The highest BCUT2D eigenvalue weighted by atomic mass is 16.5. The molecule has 102 valence electrons. The number of nitrogens with one attached hydrogen (secondary N) is 1. The van der Waals surface area contributed by atoms with Crippen LogP contribution in [-0.4, -0.2) is 48.5 Å². The lowest BCUT2D eigenvalue weighted by molar-refractivity contribution is -0.141. The number of carbonyl (C=O) groups is 1. The predicted octanol–water partition coefficient (Wildman–Crippen LogP) is -1.41. The summed E-state index contributed by atoms with van der Waals surface area (Å²) < 4.78 is 9.63. The number of benzene rings is 1. The maximum Gasteiger partial charge on any atom is 0.496 e. The normalized spacial score (nSPS) is 16.5. The van der Waals surface area contributed by atoms with Gasteiger partial charge in [-0.25, -0.2) is 4.79 Å². The van der Waals surface area contributed by atoms with E-state index in [0.29, 0.717) is 11.3 Å². The number of fused-ring (bicyclic) bond motifs is 1. The maximum absolute atomic E-state index is 11.5. The number of methoxy groups -OCH3 is 2. The molecule has 0 saturated heterocycles. The highest BCUT2D eigenvalue weighted by Crippen LogP contribution is 2.36. The molecule has 0 amide bonds. The van der Waals surface area contributed by atoms with E-state index < -0.39 is 19.1 Å². The number of anilines is 1. The second-order valence-electron chi connectivity index (χ2n) is 4.17. The monoisotopic (exact) mass is 267 g/mol. The van der Waals surface area contributed by atoms with Crippen molar-refractivity contribution in [2.75, 3.05) is 19.5 Å². The van der Waals surface area contributed by atoms with Crippen LogP contribution in [0.5, 0.6) is 11.5 Å². The SMILES string of the molecule is COC(=O)C1Cc2c(cc(OC)c(B(O)O)c2O)N1. The first kappa shape index (κ1) is 13.5. The van der Waals surface area contributed by atoms with Crippen LogP contribution in [0.4, 0.5) is 5.69 Å². The van der Waals surface area contributed by atoms with Crippen LogP contribution < -0.4 is 15.5 Å². The molecule has 4 N–H and O–H groups in total. The minimum absolute atomic E-state index is 0.117. The van der Waals surface area contributed by atoms with Crippen molar-refractivity contribution in [3.05, 3.63) is 11.6 Å². The Hall–Kier alpha value is -1.93. The molecule has 0 radical (unpaired) electrons. The van der Waals surface area contributed by atoms with Gasteiger partial charge in [-0.15, -0.1) is 0 Å². The molecule has 0 spiro atoms. The quantitative estimate of drug-likeness (QED) is 0.393. The largest absolute Gasteiger partial charge is 0.508 e. The summed E-state index contributed by atoms with van der Waals surface area (Å²) >= 11 is 0. The van der Waals surface area contributed by atoms with Crippen molar-refractivity contribution in [3.8, 4) is 11.5 Å². The van der Waals surface area contributed by atoms with Crippen molar-refractivity contribution in [2.45, 2.75) is 12.5 Å². The first-order valence-corrected chi connectivity index (χ1v) is 5.62. The average molecular weight is 267 g/mol. The van der Waals surface area contributed by atoms with Gasteiger partial charge in [0.05, 0.1) is 19.7 Å². The molecule has 1 heterocycles. The molecule has 1 atom stereocenters. The van der Waals surface area contributed by atoms with Gasteiger partial charge in [-0.1, -0.05) is 0 Å². The Kier molecular flexibility index (Phi) is 3.54. The van der Waals surface area contributed by atoms with Crippen LogP contribution in [-0.2, 0) is 16.0 Å². The molecule has 1 aliphatic heterocycles. The number of esters is 1. The topological polar surface area (TPSA) is 108 Å². The van der Waals surface area contributed by atoms with Gasteiger partial charge in [0.2, 0.25) is 0 Å². The van der Waals surface area contributed by atoms with Crippen LogP contribution in [0.15, 0.2) is 6.07 Å². The molecule has 19 heavy (non-hydrogen) atoms. The molecule has 8 heteroatoms. The van der Waals surface area contributed by atoms with E-state index in [1.165, 1.54) is 20.3 Å². The molecule has 1 aromatic carbocycles. The molecule has 2 rings (SSSR count). The lowest BCUT2D eigenvalue weighted by atomic mass is 9.77. The van der Waals surface area contributed by atoms with Gasteiger partial charge in [0, 0.05) is 23.7 Å². The summed E-state index contributed by atoms with van der Waals surface area (Å²) in [4.78, 5) is 11.5. The van der Waals surface area contributed by atoms with Crippen LogP contribution in [0.3, 0.4) is 0 Å². The van der Waals surface area contributed by atoms with Crippen molar-refractivity contribution in [1.82, 2.24) is 0 Å². The molecule has 0 aliphatic carbocycles. The van der Waals surface area contributed by atoms with E-state index in [1.54, 1.807) is 0 Å². The number of carbonyl (C=O) groups excluding carboxylic acids is 1. The molecule has 0 bridgehead atoms. The first-order valence-electron chi connectivity index (χ1n) is 5.62. The summed E-state index contributed by atoms with van der Waals surface area (Å²) in [6.07, 6.45) is 0.206. The van der Waals surface area contributed by atoms with Crippen molar-refractivity contribution >= 4 is 24.2 Å². The zero-order valence-electron chi connectivity index (χ0n) is 10.5. The number of hydrogen-bond acceptors (Lipinski definition) is 7. The van der Waals surface area contributed by atoms with Gasteiger partial charge in [0.25, 0.3) is 0 Å². The second-order valence-corrected chi connectivity index (χ2v) is 4.17. The number of aromatic hydroxyl groups is 1. The molecular formula is C11H14BNO6. The maximum atomic E-state index is 11.5. The molecule has 0 aromatic heterocycles. The Balaban J connectivity index is 2.45. The summed E-state index contributed by atoms with van der Waals surface area (Å²) in [6.45, 7) is 0. The Morgan fingerprint density at radius 1 is 1.47 bits per heavy atom. The van der Waals surface area contributed by atoms with E-state index >= 15 is 0 Å². The second kappa shape index (κ2) is 4.98. The number of rotatable bonds is 3. The Morgan fingerprint density at radius 3 is 2.68 bits per heavy atom. The van der Waals surface area contributed by atoms with E-state index in [0.717, 1.165) is 0 Å². The third kappa shape index (κ3) is 2.20. The third-order valence-electron chi connectivity index (χ3n) is 3.11. The molecule has 1 aromatic rings. The minimum Gasteiger partial charge on any atom is -0.508 e. The average Bonchev–Trinajstić information content (AvgIpc) is 2.81. The minimum atomic E-state index is -1.86. The molecule has 0 fully saturated rings. The zero-order valence-corrected chi connectivity index (χ0v) is 10.5. The third-order valence-corrected chi connectivity index (χ3v) is 3.11. The fraction of sp³-hybridized carbons (Fsp3) is 0.364. The summed E-state index contributed by atoms with van der Waals surface area (Å²) in [5, 5.41) is 31.5. The molecule has 1 aliphatic rings. The Morgan fingerprint density at radius 2 is 2.16 bits per heavy atom. The van der Waals surface area contributed by atoms with Gasteiger partial charge >= 0.3 is 13.1 Å². The molecular weight excluding hydrogens is 253 g/mol. The highest BCUT2D eigenvalue weighted by molar-refractivity contribution is 6.61. The van der Waals surface area contributed by atoms with Gasteiger partial charge < -0.3 is 29.9 Å². The van der Waals surface area contributed by atoms with Gasteiger partial charge in [0.15, 0.2) is 0 Å². The van der Waals surface area contributed by atoms with Crippen LogP contribution in [0.2, 0.25) is 0 Å². The van der Waals surface area contributed by atoms with E-state index in [1.807, 2.05) is 0 Å². The summed E-state index contributed by atoms with van der Waals surface area (Å²) in [5.41, 5.74) is 0.821. The fourth-order valence-corrected chi connectivity index (χ4v) is 2.18. The number of phenols is 1. The zero-order chi connectivity index (χ0) is 14.2. The van der Waals surface area contributed by atoms with Gasteiger partial charge in [-0.2, -0.15) is 0 Å². The summed E-state index contributed by atoms with van der Waals surface area (Å²) in [5.74, 6) is -0.617. The van der Waals surface area contributed by atoms with Crippen molar-refractivity contribution in [1.29, 1.82) is 0 Å². The van der Waals surface area contributed by atoms with Gasteiger partial charge in [-0.05, 0) is 0 Å². The van der Waals surface area contributed by atoms with Crippen molar-refractivity contribution in [2.24, 2.45) is 0 Å². The van der Waals surface area contributed by atoms with Crippen molar-refractivity contribution < 1.29 is 29.4 Å². The number of ether oxygens (including phenoxy) is 2. The van der Waals surface area contributed by atoms with Crippen LogP contribution in [0.1, 0.15) is 5.56 Å². The number of phenolic OH excluding ortho intramolecular Hbond substituents is 1. The first-order chi connectivity index (χ1) is 8.99. The Labute approximate surface area is 109 Å². The van der Waals surface area contributed by atoms with E-state index in [2.05, 4.69) is 10.1 Å². The standard InChI is InChI=1S/C11H14BNO6/c1-18-8-4-6-5(10(14)9(8)12(16)17)3-7(13-6)11(15)19-2/h4,7,13-14,16-17H,3H2,1-2H3. The van der Waals surface area contributed by atoms with Crippen LogP contribution in [0, 0.1) is 0 Å². The van der Waals surface area contributed by atoms with Crippen LogP contribution in [0.25, 0.3) is 0 Å². The van der Waals surface area contributed by atoms with E-state index in [4.69, 9.17) is 4.74 Å². The molecule has 0 saturated carbocycles. The predicted molar refractivity (Wildman–Crippen MR) is 67.6 cm³/mol. The summed E-state index contributed by atoms with van der Waals surface area (Å²) in [7, 11) is 0.758. The smallest absolute Gasteiger partial charge is 0.496 e.